The van der Waals surface area contributed by atoms with Crippen LogP contribution in [0.4, 0.5) is 4.79 Å². The zero-order valence-corrected chi connectivity index (χ0v) is 20.9. The molecule has 2 aromatic carbocycles. The molecule has 2 aliphatic carbocycles. The Bertz CT molecular complexity index is 1110. The van der Waals surface area contributed by atoms with Gasteiger partial charge in [0.25, 0.3) is 0 Å². The van der Waals surface area contributed by atoms with E-state index in [1.54, 1.807) is 0 Å². The van der Waals surface area contributed by atoms with Crippen LogP contribution in [0, 0.1) is 11.3 Å². The molecule has 2 aromatic rings. The second kappa shape index (κ2) is 8.96. The first-order chi connectivity index (χ1) is 16.8. The van der Waals surface area contributed by atoms with E-state index in [0.717, 1.165) is 50.5 Å². The summed E-state index contributed by atoms with van der Waals surface area (Å²) in [6.07, 6.45) is 6.22. The second-order valence-corrected chi connectivity index (χ2v) is 11.1. The van der Waals surface area contributed by atoms with E-state index in [0.29, 0.717) is 25.2 Å². The van der Waals surface area contributed by atoms with Gasteiger partial charge in [-0.3, -0.25) is 4.90 Å². The Balaban J connectivity index is 1.44. The molecule has 2 saturated carbocycles. The highest BCUT2D eigenvalue weighted by Crippen LogP contribution is 2.50. The van der Waals surface area contributed by atoms with Gasteiger partial charge in [-0.1, -0.05) is 48.5 Å². The van der Waals surface area contributed by atoms with Crippen molar-refractivity contribution in [1.29, 1.82) is 5.26 Å². The Morgan fingerprint density at radius 3 is 2.23 bits per heavy atom. The number of urea groups is 1. The van der Waals surface area contributed by atoms with Gasteiger partial charge in [0.2, 0.25) is 0 Å². The van der Waals surface area contributed by atoms with Crippen molar-refractivity contribution in [1.82, 2.24) is 14.7 Å². The van der Waals surface area contributed by atoms with Gasteiger partial charge in [0.05, 0.1) is 29.3 Å². The van der Waals surface area contributed by atoms with Crippen molar-refractivity contribution in [2.45, 2.75) is 68.2 Å². The predicted octanol–water partition coefficient (Wildman–Crippen LogP) is 4.48. The third-order valence-electron chi connectivity index (χ3n) is 8.97. The number of rotatable bonds is 6. The molecule has 2 amide bonds. The molecule has 35 heavy (non-hydrogen) atoms. The Morgan fingerprint density at radius 1 is 0.971 bits per heavy atom. The van der Waals surface area contributed by atoms with Gasteiger partial charge in [-0.15, -0.1) is 0 Å². The first kappa shape index (κ1) is 23.8. The van der Waals surface area contributed by atoms with Crippen LogP contribution in [0.1, 0.15) is 61.6 Å². The SMILES string of the molecule is CN(C)[C@]1(c2ccccc2)CC[C@]2(CC1)CN(Cc1ccccc1C#N)C(=O)N2CC1(O)CCC1. The summed E-state index contributed by atoms with van der Waals surface area (Å²) in [5.41, 5.74) is 1.70. The van der Waals surface area contributed by atoms with Crippen LogP contribution >= 0.6 is 0 Å². The van der Waals surface area contributed by atoms with Gasteiger partial charge in [0.1, 0.15) is 0 Å². The normalized spacial score (nSPS) is 27.8. The van der Waals surface area contributed by atoms with Crippen LogP contribution in [0.25, 0.3) is 0 Å². The second-order valence-electron chi connectivity index (χ2n) is 11.1. The molecule has 0 aromatic heterocycles. The minimum atomic E-state index is -0.765. The zero-order chi connectivity index (χ0) is 24.7. The summed E-state index contributed by atoms with van der Waals surface area (Å²) in [5, 5.41) is 20.6. The smallest absolute Gasteiger partial charge is 0.321 e. The summed E-state index contributed by atoms with van der Waals surface area (Å²) in [4.78, 5) is 20.1. The number of nitriles is 1. The molecule has 3 fully saturated rings. The van der Waals surface area contributed by atoms with E-state index in [1.165, 1.54) is 5.56 Å². The van der Waals surface area contributed by atoms with E-state index >= 15 is 0 Å². The van der Waals surface area contributed by atoms with Crippen LogP contribution in [0.3, 0.4) is 0 Å². The van der Waals surface area contributed by atoms with Gasteiger partial charge < -0.3 is 14.9 Å². The third-order valence-corrected chi connectivity index (χ3v) is 8.97. The molecule has 0 unspecified atom stereocenters. The molecule has 0 atom stereocenters. The summed E-state index contributed by atoms with van der Waals surface area (Å²) >= 11 is 0. The molecule has 0 radical (unpaired) electrons. The van der Waals surface area contributed by atoms with Gasteiger partial charge in [-0.25, -0.2) is 4.79 Å². The molecule has 6 heteroatoms. The molecule has 1 heterocycles. The fourth-order valence-corrected chi connectivity index (χ4v) is 6.55. The lowest BCUT2D eigenvalue weighted by molar-refractivity contribution is -0.0725. The van der Waals surface area contributed by atoms with Crippen molar-refractivity contribution in [2.24, 2.45) is 0 Å². The minimum Gasteiger partial charge on any atom is -0.388 e. The molecule has 1 N–H and O–H groups in total. The van der Waals surface area contributed by atoms with Crippen molar-refractivity contribution in [3.8, 4) is 6.07 Å². The topological polar surface area (TPSA) is 70.8 Å². The lowest BCUT2D eigenvalue weighted by Gasteiger charge is -2.52. The minimum absolute atomic E-state index is 0.00451. The number of nitrogens with zero attached hydrogens (tertiary/aromatic N) is 4. The summed E-state index contributed by atoms with van der Waals surface area (Å²) in [5.74, 6) is 0. The lowest BCUT2D eigenvalue weighted by atomic mass is 9.67. The van der Waals surface area contributed by atoms with Gasteiger partial charge in [0.15, 0.2) is 0 Å². The fourth-order valence-electron chi connectivity index (χ4n) is 6.55. The summed E-state index contributed by atoms with van der Waals surface area (Å²) in [6.45, 7) is 1.47. The molecule has 1 spiro atoms. The van der Waals surface area contributed by atoms with Crippen LogP contribution in [-0.2, 0) is 12.1 Å². The Kier molecular flexibility index (Phi) is 6.11. The van der Waals surface area contributed by atoms with Crippen molar-refractivity contribution >= 4 is 6.03 Å². The molecular formula is C29H36N4O2. The molecule has 3 aliphatic rings. The maximum absolute atomic E-state index is 13.8. The molecule has 5 rings (SSSR count). The highest BCUT2D eigenvalue weighted by atomic mass is 16.3. The maximum Gasteiger partial charge on any atom is 0.321 e. The van der Waals surface area contributed by atoms with Crippen molar-refractivity contribution in [3.05, 3.63) is 71.3 Å². The Hall–Kier alpha value is -2.88. The fraction of sp³-hybridized carbons (Fsp3) is 0.517. The van der Waals surface area contributed by atoms with E-state index < -0.39 is 5.60 Å². The van der Waals surface area contributed by atoms with E-state index in [9.17, 15) is 15.2 Å². The standard InChI is InChI=1S/C29H36N4O2/c1-31(2)29(25-11-4-3-5-12-25)17-15-27(16-18-29)21-32(20-24-10-7-6-9-23(24)19-30)26(34)33(27)22-28(35)13-8-14-28/h3-7,9-12,35H,8,13-18,20-22H2,1-2H3/t27-,29+. The molecule has 184 valence electrons. The number of β-amino-alcohol motifs (C(OH)–C–C–N with tert-alkyl or cyclic N) is 1. The summed E-state index contributed by atoms with van der Waals surface area (Å²) in [6, 6.07) is 20.5. The van der Waals surface area contributed by atoms with E-state index in [1.807, 2.05) is 34.1 Å². The quantitative estimate of drug-likeness (QED) is 0.673. The summed E-state index contributed by atoms with van der Waals surface area (Å²) < 4.78 is 0. The zero-order valence-electron chi connectivity index (χ0n) is 20.9. The number of aliphatic hydroxyl groups is 1. The first-order valence-electron chi connectivity index (χ1n) is 12.8. The molecule has 0 bridgehead atoms. The van der Waals surface area contributed by atoms with Crippen molar-refractivity contribution in [2.75, 3.05) is 27.2 Å². The van der Waals surface area contributed by atoms with Crippen molar-refractivity contribution in [3.63, 3.8) is 0 Å². The lowest BCUT2D eigenvalue weighted by Crippen LogP contribution is -2.59. The van der Waals surface area contributed by atoms with Gasteiger partial charge in [0, 0.05) is 18.6 Å². The number of hydrogen-bond acceptors (Lipinski definition) is 4. The Morgan fingerprint density at radius 2 is 1.63 bits per heavy atom. The number of amides is 2. The predicted molar refractivity (Wildman–Crippen MR) is 135 cm³/mol. The molecular weight excluding hydrogens is 436 g/mol. The monoisotopic (exact) mass is 472 g/mol. The number of carbonyl (C=O) groups is 1. The molecule has 1 aliphatic heterocycles. The van der Waals surface area contributed by atoms with Gasteiger partial charge in [-0.2, -0.15) is 5.26 Å². The van der Waals surface area contributed by atoms with Crippen LogP contribution < -0.4 is 0 Å². The number of hydrogen-bond donors (Lipinski definition) is 1. The average Bonchev–Trinajstić information content (AvgIpc) is 3.09. The Labute approximate surface area is 208 Å². The van der Waals surface area contributed by atoms with Crippen LogP contribution in [-0.4, -0.2) is 64.2 Å². The van der Waals surface area contributed by atoms with E-state index in [4.69, 9.17) is 0 Å². The van der Waals surface area contributed by atoms with Crippen molar-refractivity contribution < 1.29 is 9.90 Å². The molecule has 6 nitrogen and oxygen atoms in total. The van der Waals surface area contributed by atoms with E-state index in [-0.39, 0.29) is 17.1 Å². The maximum atomic E-state index is 13.8. The first-order valence-corrected chi connectivity index (χ1v) is 12.8. The van der Waals surface area contributed by atoms with Gasteiger partial charge >= 0.3 is 6.03 Å². The average molecular weight is 473 g/mol. The van der Waals surface area contributed by atoms with Crippen LogP contribution in [0.2, 0.25) is 0 Å². The number of benzene rings is 2. The largest absolute Gasteiger partial charge is 0.388 e. The van der Waals surface area contributed by atoms with E-state index in [2.05, 4.69) is 55.4 Å². The summed E-state index contributed by atoms with van der Waals surface area (Å²) in [7, 11) is 4.32. The third kappa shape index (κ3) is 4.11. The highest BCUT2D eigenvalue weighted by Gasteiger charge is 2.56. The molecule has 1 saturated heterocycles. The van der Waals surface area contributed by atoms with Crippen LogP contribution in [0.15, 0.2) is 54.6 Å². The number of carbonyl (C=O) groups excluding carboxylic acids is 1. The van der Waals surface area contributed by atoms with Gasteiger partial charge in [-0.05, 0) is 76.2 Å². The highest BCUT2D eigenvalue weighted by molar-refractivity contribution is 5.78. The van der Waals surface area contributed by atoms with Crippen LogP contribution in [0.5, 0.6) is 0 Å².